The van der Waals surface area contributed by atoms with Crippen LogP contribution in [0.3, 0.4) is 0 Å². The first-order chi connectivity index (χ1) is 12.2. The number of carbonyl (C=O) groups is 1. The molecule has 2 aliphatic heterocycles. The van der Waals surface area contributed by atoms with Crippen LogP contribution in [0, 0.1) is 0 Å². The van der Waals surface area contributed by atoms with Gasteiger partial charge in [0.15, 0.2) is 0 Å². The molecular weight excluding hydrogens is 318 g/mol. The van der Waals surface area contributed by atoms with Crippen molar-refractivity contribution in [2.75, 3.05) is 26.2 Å². The Morgan fingerprint density at radius 3 is 3.00 bits per heavy atom. The third-order valence-corrected chi connectivity index (χ3v) is 5.15. The number of likely N-dealkylation sites (tertiary alicyclic amines) is 1. The number of carbonyl (C=O) groups excluding carboxylic acids is 1. The molecule has 2 aliphatic rings. The van der Waals surface area contributed by atoms with Gasteiger partial charge in [0.05, 0.1) is 30.0 Å². The quantitative estimate of drug-likeness (QED) is 0.831. The van der Waals surface area contributed by atoms with Gasteiger partial charge in [-0.3, -0.25) is 19.4 Å². The predicted molar refractivity (Wildman–Crippen MR) is 91.9 cm³/mol. The molecule has 2 aromatic rings. The molecule has 0 bridgehead atoms. The lowest BCUT2D eigenvalue weighted by atomic mass is 9.97. The van der Waals surface area contributed by atoms with Crippen molar-refractivity contribution in [3.05, 3.63) is 48.0 Å². The summed E-state index contributed by atoms with van der Waals surface area (Å²) in [4.78, 5) is 21.4. The van der Waals surface area contributed by atoms with Crippen LogP contribution in [0.4, 0.5) is 0 Å². The van der Waals surface area contributed by atoms with Crippen LogP contribution in [0.5, 0.6) is 0 Å². The highest BCUT2D eigenvalue weighted by Gasteiger charge is 2.39. The number of ether oxygens (including phenoxy) is 1. The zero-order valence-electron chi connectivity index (χ0n) is 14.4. The molecule has 2 aromatic heterocycles. The Balaban J connectivity index is 1.50. The Bertz CT molecular complexity index is 732. The van der Waals surface area contributed by atoms with Crippen LogP contribution in [0.25, 0.3) is 0 Å². The summed E-state index contributed by atoms with van der Waals surface area (Å²) >= 11 is 0. The summed E-state index contributed by atoms with van der Waals surface area (Å²) in [5, 5.41) is 4.24. The lowest BCUT2D eigenvalue weighted by Gasteiger charge is -2.47. The number of aryl methyl sites for hydroxylation is 1. The highest BCUT2D eigenvalue weighted by atomic mass is 16.5. The van der Waals surface area contributed by atoms with Crippen molar-refractivity contribution in [3.8, 4) is 0 Å². The van der Waals surface area contributed by atoms with Gasteiger partial charge in [-0.1, -0.05) is 0 Å². The second-order valence-electron chi connectivity index (χ2n) is 6.69. The first kappa shape index (κ1) is 16.2. The van der Waals surface area contributed by atoms with Crippen molar-refractivity contribution in [2.24, 2.45) is 7.05 Å². The number of amides is 1. The number of hydrogen-bond donors (Lipinski definition) is 0. The van der Waals surface area contributed by atoms with Gasteiger partial charge in [0.25, 0.3) is 5.91 Å². The van der Waals surface area contributed by atoms with Gasteiger partial charge < -0.3 is 9.64 Å². The fraction of sp³-hybridized carbons (Fsp3) is 0.500. The molecule has 0 N–H and O–H groups in total. The molecule has 0 radical (unpaired) electrons. The molecule has 7 heteroatoms. The first-order valence-corrected chi connectivity index (χ1v) is 8.74. The smallest absolute Gasteiger partial charge is 0.255 e. The molecule has 4 heterocycles. The average Bonchev–Trinajstić information content (AvgIpc) is 3.06. The third-order valence-electron chi connectivity index (χ3n) is 5.15. The number of aromatic nitrogens is 3. The van der Waals surface area contributed by atoms with E-state index in [1.54, 1.807) is 18.5 Å². The van der Waals surface area contributed by atoms with Crippen molar-refractivity contribution in [1.29, 1.82) is 0 Å². The highest BCUT2D eigenvalue weighted by Crippen LogP contribution is 2.25. The first-order valence-electron chi connectivity index (χ1n) is 8.74. The second kappa shape index (κ2) is 6.93. The van der Waals surface area contributed by atoms with E-state index in [-0.39, 0.29) is 18.1 Å². The number of piperidine rings is 1. The standard InChI is InChI=1S/C18H23N5O2/c1-21-15(4-7-20-21)12-22-8-5-17-16(13-22)23(9-10-25-17)18(24)14-3-2-6-19-11-14/h2-4,6-7,11,16-17H,5,8-10,12-13H2,1H3/t16-,17+/m1/s1. The minimum Gasteiger partial charge on any atom is -0.374 e. The van der Waals surface area contributed by atoms with Gasteiger partial charge in [0.2, 0.25) is 0 Å². The van der Waals surface area contributed by atoms with Crippen LogP contribution in [-0.2, 0) is 18.3 Å². The predicted octanol–water partition coefficient (Wildman–Crippen LogP) is 0.931. The van der Waals surface area contributed by atoms with Crippen molar-refractivity contribution in [2.45, 2.75) is 25.1 Å². The van der Waals surface area contributed by atoms with E-state index in [1.807, 2.05) is 35.0 Å². The van der Waals surface area contributed by atoms with Crippen molar-refractivity contribution in [1.82, 2.24) is 24.6 Å². The van der Waals surface area contributed by atoms with Gasteiger partial charge in [-0.2, -0.15) is 5.10 Å². The minimum absolute atomic E-state index is 0.0498. The molecule has 1 amide bonds. The summed E-state index contributed by atoms with van der Waals surface area (Å²) in [6.07, 6.45) is 6.22. The van der Waals surface area contributed by atoms with Crippen LogP contribution in [-0.4, -0.2) is 68.9 Å². The van der Waals surface area contributed by atoms with E-state index < -0.39 is 0 Å². The monoisotopic (exact) mass is 341 g/mol. The van der Waals surface area contributed by atoms with Crippen molar-refractivity contribution < 1.29 is 9.53 Å². The summed E-state index contributed by atoms with van der Waals surface area (Å²) in [6.45, 7) is 3.88. The zero-order chi connectivity index (χ0) is 17.2. The molecule has 0 unspecified atom stereocenters. The Kier molecular flexibility index (Phi) is 4.50. The third kappa shape index (κ3) is 3.29. The fourth-order valence-corrected chi connectivity index (χ4v) is 3.77. The Morgan fingerprint density at radius 1 is 1.32 bits per heavy atom. The van der Waals surface area contributed by atoms with Crippen LogP contribution < -0.4 is 0 Å². The Hall–Kier alpha value is -2.25. The number of rotatable bonds is 3. The lowest BCUT2D eigenvalue weighted by molar-refractivity contribution is -0.0916. The summed E-state index contributed by atoms with van der Waals surface area (Å²) in [7, 11) is 1.96. The highest BCUT2D eigenvalue weighted by molar-refractivity contribution is 5.94. The number of nitrogens with zero attached hydrogens (tertiary/aromatic N) is 5. The number of morpholine rings is 1. The number of hydrogen-bond acceptors (Lipinski definition) is 5. The van der Waals surface area contributed by atoms with Gasteiger partial charge in [-0.15, -0.1) is 0 Å². The summed E-state index contributed by atoms with van der Waals surface area (Å²) in [5.74, 6) is 0.0498. The van der Waals surface area contributed by atoms with Gasteiger partial charge in [-0.05, 0) is 24.6 Å². The van der Waals surface area contributed by atoms with Crippen LogP contribution >= 0.6 is 0 Å². The van der Waals surface area contributed by atoms with E-state index in [9.17, 15) is 4.79 Å². The Morgan fingerprint density at radius 2 is 2.24 bits per heavy atom. The molecule has 2 fully saturated rings. The van der Waals surface area contributed by atoms with E-state index in [1.165, 1.54) is 5.69 Å². The normalized spacial score (nSPS) is 24.1. The van der Waals surface area contributed by atoms with E-state index >= 15 is 0 Å². The molecule has 0 aromatic carbocycles. The summed E-state index contributed by atoms with van der Waals surface area (Å²) in [5.41, 5.74) is 1.83. The minimum atomic E-state index is 0.0498. The Labute approximate surface area is 147 Å². The van der Waals surface area contributed by atoms with E-state index in [0.717, 1.165) is 26.1 Å². The molecule has 132 valence electrons. The molecule has 0 saturated carbocycles. The number of pyridine rings is 1. The van der Waals surface area contributed by atoms with E-state index in [0.29, 0.717) is 18.7 Å². The topological polar surface area (TPSA) is 63.5 Å². The maximum absolute atomic E-state index is 12.9. The fourth-order valence-electron chi connectivity index (χ4n) is 3.77. The molecule has 0 spiro atoms. The molecule has 2 saturated heterocycles. The van der Waals surface area contributed by atoms with E-state index in [4.69, 9.17) is 4.74 Å². The summed E-state index contributed by atoms with van der Waals surface area (Å²) < 4.78 is 7.86. The SMILES string of the molecule is Cn1nccc1CN1CC[C@@H]2OCCN(C(=O)c3cccnc3)[C@@H]2C1. The molecular formula is C18H23N5O2. The van der Waals surface area contributed by atoms with Gasteiger partial charge >= 0.3 is 0 Å². The average molecular weight is 341 g/mol. The van der Waals surface area contributed by atoms with E-state index in [2.05, 4.69) is 15.0 Å². The van der Waals surface area contributed by atoms with Crippen molar-refractivity contribution >= 4 is 5.91 Å². The van der Waals surface area contributed by atoms with Gasteiger partial charge in [-0.25, -0.2) is 0 Å². The lowest BCUT2D eigenvalue weighted by Crippen LogP contribution is -2.61. The molecule has 25 heavy (non-hydrogen) atoms. The van der Waals surface area contributed by atoms with Crippen LogP contribution in [0.15, 0.2) is 36.8 Å². The number of fused-ring (bicyclic) bond motifs is 1. The largest absolute Gasteiger partial charge is 0.374 e. The van der Waals surface area contributed by atoms with Crippen LogP contribution in [0.2, 0.25) is 0 Å². The summed E-state index contributed by atoms with van der Waals surface area (Å²) in [6, 6.07) is 5.77. The zero-order valence-corrected chi connectivity index (χ0v) is 14.4. The van der Waals surface area contributed by atoms with Gasteiger partial charge in [0.1, 0.15) is 0 Å². The van der Waals surface area contributed by atoms with Crippen molar-refractivity contribution in [3.63, 3.8) is 0 Å². The second-order valence-corrected chi connectivity index (χ2v) is 6.69. The molecule has 0 aliphatic carbocycles. The molecule has 2 atom stereocenters. The maximum atomic E-state index is 12.9. The van der Waals surface area contributed by atoms with Crippen LogP contribution in [0.1, 0.15) is 22.5 Å². The molecule has 7 nitrogen and oxygen atoms in total. The molecule has 4 rings (SSSR count). The maximum Gasteiger partial charge on any atom is 0.255 e. The van der Waals surface area contributed by atoms with Gasteiger partial charge in [0, 0.05) is 51.8 Å².